The highest BCUT2D eigenvalue weighted by Crippen LogP contribution is 2.33. The zero-order chi connectivity index (χ0) is 20.1. The Labute approximate surface area is 160 Å². The number of nitrogens with zero attached hydrogens (tertiary/aromatic N) is 2. The van der Waals surface area contributed by atoms with Gasteiger partial charge in [-0.15, -0.1) is 0 Å². The van der Waals surface area contributed by atoms with Crippen LogP contribution in [0.2, 0.25) is 0 Å². The van der Waals surface area contributed by atoms with Crippen LogP contribution in [0.3, 0.4) is 0 Å². The molecule has 0 spiro atoms. The first-order chi connectivity index (χ1) is 13.4. The first-order valence-electron chi connectivity index (χ1n) is 8.63. The monoisotopic (exact) mass is 390 g/mol. The number of aryl methyl sites for hydroxylation is 1. The molecule has 0 radical (unpaired) electrons. The Morgan fingerprint density at radius 2 is 1.89 bits per heavy atom. The average Bonchev–Trinajstić information content (AvgIpc) is 3.18. The van der Waals surface area contributed by atoms with Crippen LogP contribution in [0, 0.1) is 0 Å². The maximum absolute atomic E-state index is 12.4. The van der Waals surface area contributed by atoms with E-state index in [2.05, 4.69) is 14.9 Å². The molecule has 8 heteroatoms. The molecule has 2 aromatic carbocycles. The summed E-state index contributed by atoms with van der Waals surface area (Å²) in [5.74, 6) is 0.294. The van der Waals surface area contributed by atoms with E-state index in [4.69, 9.17) is 9.26 Å². The number of benzene rings is 2. The summed E-state index contributed by atoms with van der Waals surface area (Å²) in [6.45, 7) is -1.36. The van der Waals surface area contributed by atoms with Crippen LogP contribution in [0.15, 0.2) is 53.1 Å². The summed E-state index contributed by atoms with van der Waals surface area (Å²) in [5, 5.41) is 14.6. The fraction of sp³-hybridized carbons (Fsp3) is 0.300. The number of alkyl halides is 2. The van der Waals surface area contributed by atoms with Crippen LogP contribution < -0.4 is 9.47 Å². The number of hydrogen-bond acceptors (Lipinski definition) is 6. The molecule has 1 atom stereocenters. The number of halogens is 2. The van der Waals surface area contributed by atoms with Crippen molar-refractivity contribution in [2.45, 2.75) is 32.0 Å². The minimum absolute atomic E-state index is 0.0744. The lowest BCUT2D eigenvalue weighted by molar-refractivity contribution is -0.0512. The van der Waals surface area contributed by atoms with Gasteiger partial charge in [0.1, 0.15) is 5.60 Å². The molecule has 1 heterocycles. The smallest absolute Gasteiger partial charge is 0.387 e. The predicted molar refractivity (Wildman–Crippen MR) is 97.3 cm³/mol. The second-order valence-corrected chi connectivity index (χ2v) is 6.43. The fourth-order valence-electron chi connectivity index (χ4n) is 2.70. The van der Waals surface area contributed by atoms with Crippen LogP contribution in [0.5, 0.6) is 11.5 Å². The molecule has 0 aliphatic heterocycles. The van der Waals surface area contributed by atoms with E-state index in [1.54, 1.807) is 6.92 Å². The third kappa shape index (κ3) is 4.64. The molecule has 0 aliphatic rings. The van der Waals surface area contributed by atoms with Crippen LogP contribution in [0.25, 0.3) is 11.4 Å². The van der Waals surface area contributed by atoms with Gasteiger partial charge in [0.2, 0.25) is 5.82 Å². The molecule has 0 saturated heterocycles. The van der Waals surface area contributed by atoms with Crippen molar-refractivity contribution >= 4 is 0 Å². The van der Waals surface area contributed by atoms with Gasteiger partial charge >= 0.3 is 6.61 Å². The van der Waals surface area contributed by atoms with Gasteiger partial charge in [0.05, 0.1) is 7.11 Å². The number of aliphatic hydroxyl groups is 1. The van der Waals surface area contributed by atoms with Crippen molar-refractivity contribution in [1.29, 1.82) is 0 Å². The van der Waals surface area contributed by atoms with E-state index in [-0.39, 0.29) is 23.2 Å². The van der Waals surface area contributed by atoms with Crippen molar-refractivity contribution in [2.75, 3.05) is 7.11 Å². The van der Waals surface area contributed by atoms with E-state index in [9.17, 15) is 13.9 Å². The van der Waals surface area contributed by atoms with E-state index >= 15 is 0 Å². The normalized spacial score (nSPS) is 13.4. The lowest BCUT2D eigenvalue weighted by Crippen LogP contribution is -2.22. The van der Waals surface area contributed by atoms with Crippen LogP contribution in [0.4, 0.5) is 8.78 Å². The van der Waals surface area contributed by atoms with Gasteiger partial charge in [0.15, 0.2) is 11.5 Å². The SMILES string of the molecule is COc1cc(-c2noc(C(C)(O)CCc3ccccc3)n2)ccc1OC(F)F. The Morgan fingerprint density at radius 1 is 1.14 bits per heavy atom. The van der Waals surface area contributed by atoms with Gasteiger partial charge in [0, 0.05) is 5.56 Å². The van der Waals surface area contributed by atoms with Crippen molar-refractivity contribution in [3.8, 4) is 22.9 Å². The quantitative estimate of drug-likeness (QED) is 0.622. The number of rotatable bonds is 8. The molecule has 1 unspecified atom stereocenters. The van der Waals surface area contributed by atoms with Crippen LogP contribution in [0.1, 0.15) is 24.8 Å². The third-order valence-corrected chi connectivity index (χ3v) is 4.27. The number of hydrogen-bond donors (Lipinski definition) is 1. The Bertz CT molecular complexity index is 914. The molecular formula is C20H20F2N2O4. The van der Waals surface area contributed by atoms with Gasteiger partial charge < -0.3 is 19.1 Å². The molecule has 3 rings (SSSR count). The molecule has 0 bridgehead atoms. The Kier molecular flexibility index (Phi) is 5.89. The zero-order valence-corrected chi connectivity index (χ0v) is 15.4. The van der Waals surface area contributed by atoms with Gasteiger partial charge in [-0.2, -0.15) is 13.8 Å². The first kappa shape index (κ1) is 19.8. The first-order valence-corrected chi connectivity index (χ1v) is 8.63. The largest absolute Gasteiger partial charge is 0.493 e. The second-order valence-electron chi connectivity index (χ2n) is 6.43. The lowest BCUT2D eigenvalue weighted by atomic mass is 9.97. The average molecular weight is 390 g/mol. The summed E-state index contributed by atoms with van der Waals surface area (Å²) >= 11 is 0. The molecule has 148 valence electrons. The highest BCUT2D eigenvalue weighted by Gasteiger charge is 2.30. The number of ether oxygens (including phenoxy) is 2. The molecule has 28 heavy (non-hydrogen) atoms. The van der Waals surface area contributed by atoms with E-state index in [0.717, 1.165) is 5.56 Å². The minimum Gasteiger partial charge on any atom is -0.493 e. The highest BCUT2D eigenvalue weighted by molar-refractivity contribution is 5.60. The van der Waals surface area contributed by atoms with Gasteiger partial charge in [-0.25, -0.2) is 0 Å². The van der Waals surface area contributed by atoms with E-state index in [1.165, 1.54) is 25.3 Å². The maximum atomic E-state index is 12.4. The van der Waals surface area contributed by atoms with Gasteiger partial charge in [0.25, 0.3) is 5.89 Å². The zero-order valence-electron chi connectivity index (χ0n) is 15.4. The highest BCUT2D eigenvalue weighted by atomic mass is 19.3. The summed E-state index contributed by atoms with van der Waals surface area (Å²) in [6.07, 6.45) is 1.03. The van der Waals surface area contributed by atoms with Crippen LogP contribution in [-0.2, 0) is 12.0 Å². The topological polar surface area (TPSA) is 77.6 Å². The number of aromatic nitrogens is 2. The molecule has 6 nitrogen and oxygen atoms in total. The Morgan fingerprint density at radius 3 is 2.57 bits per heavy atom. The second kappa shape index (κ2) is 8.35. The molecule has 1 aromatic heterocycles. The minimum atomic E-state index is -2.96. The Hall–Kier alpha value is -3.00. The van der Waals surface area contributed by atoms with Crippen LogP contribution in [-0.4, -0.2) is 29.0 Å². The van der Waals surface area contributed by atoms with Gasteiger partial charge in [-0.1, -0.05) is 35.5 Å². The molecule has 0 aliphatic carbocycles. The fourth-order valence-corrected chi connectivity index (χ4v) is 2.70. The van der Waals surface area contributed by atoms with Crippen molar-refractivity contribution in [2.24, 2.45) is 0 Å². The summed E-state index contributed by atoms with van der Waals surface area (Å²) in [6, 6.07) is 14.1. The summed E-state index contributed by atoms with van der Waals surface area (Å²) in [5.41, 5.74) is 0.248. The van der Waals surface area contributed by atoms with Crippen molar-refractivity contribution in [3.05, 3.63) is 60.0 Å². The molecule has 3 aromatic rings. The number of methoxy groups -OCH3 is 1. The van der Waals surface area contributed by atoms with Gasteiger partial charge in [-0.3, -0.25) is 0 Å². The van der Waals surface area contributed by atoms with Gasteiger partial charge in [-0.05, 0) is 43.5 Å². The predicted octanol–water partition coefficient (Wildman–Crippen LogP) is 4.19. The van der Waals surface area contributed by atoms with Crippen molar-refractivity contribution < 1.29 is 27.9 Å². The standard InChI is InChI=1S/C20H20F2N2O4/c1-20(25,11-10-13-6-4-3-5-7-13)18-23-17(24-28-18)14-8-9-15(27-19(21)22)16(12-14)26-2/h3-9,12,19,25H,10-11H2,1-2H3. The maximum Gasteiger partial charge on any atom is 0.387 e. The van der Waals surface area contributed by atoms with Crippen LogP contribution >= 0.6 is 0 Å². The third-order valence-electron chi connectivity index (χ3n) is 4.27. The van der Waals surface area contributed by atoms with Crippen molar-refractivity contribution in [1.82, 2.24) is 10.1 Å². The molecular weight excluding hydrogens is 370 g/mol. The van der Waals surface area contributed by atoms with E-state index in [1.807, 2.05) is 30.3 Å². The summed E-state index contributed by atoms with van der Waals surface area (Å²) < 4.78 is 39.6. The molecule has 0 saturated carbocycles. The van der Waals surface area contributed by atoms with E-state index in [0.29, 0.717) is 18.4 Å². The molecule has 0 fully saturated rings. The summed E-state index contributed by atoms with van der Waals surface area (Å²) in [4.78, 5) is 4.26. The Balaban J connectivity index is 1.77. The molecule has 0 amide bonds. The summed E-state index contributed by atoms with van der Waals surface area (Å²) in [7, 11) is 1.34. The van der Waals surface area contributed by atoms with Crippen molar-refractivity contribution in [3.63, 3.8) is 0 Å². The lowest BCUT2D eigenvalue weighted by Gasteiger charge is -2.18. The van der Waals surface area contributed by atoms with E-state index < -0.39 is 12.2 Å². The molecule has 1 N–H and O–H groups in total.